The highest BCUT2D eigenvalue weighted by Crippen LogP contribution is 2.29. The van der Waals surface area contributed by atoms with Crippen molar-refractivity contribution in [1.82, 2.24) is 9.88 Å². The normalized spacial score (nSPS) is 15.8. The molecular formula is C19H23BrN2O2. The molecule has 4 nitrogen and oxygen atoms in total. The number of benzene rings is 1. The fraction of sp³-hybridized carbons (Fsp3) is 0.421. The van der Waals surface area contributed by atoms with Crippen molar-refractivity contribution >= 4 is 15.9 Å². The Morgan fingerprint density at radius 2 is 2.08 bits per heavy atom. The van der Waals surface area contributed by atoms with E-state index in [1.807, 2.05) is 12.3 Å². The molecule has 1 unspecified atom stereocenters. The number of hydrogen-bond acceptors (Lipinski definition) is 4. The zero-order chi connectivity index (χ0) is 16.9. The quantitative estimate of drug-likeness (QED) is 0.698. The van der Waals surface area contributed by atoms with Crippen LogP contribution < -0.4 is 4.74 Å². The highest BCUT2D eigenvalue weighted by Gasteiger charge is 2.22. The molecule has 0 saturated carbocycles. The first kappa shape index (κ1) is 17.4. The fourth-order valence-electron chi connectivity index (χ4n) is 3.04. The molecule has 0 amide bonds. The Morgan fingerprint density at radius 3 is 2.83 bits per heavy atom. The van der Waals surface area contributed by atoms with Crippen molar-refractivity contribution < 1.29 is 9.47 Å². The predicted octanol–water partition coefficient (Wildman–Crippen LogP) is 3.99. The van der Waals surface area contributed by atoms with Gasteiger partial charge in [0.2, 0.25) is 5.88 Å². The van der Waals surface area contributed by atoms with Crippen molar-refractivity contribution in [3.05, 3.63) is 57.7 Å². The van der Waals surface area contributed by atoms with Gasteiger partial charge in [-0.2, -0.15) is 0 Å². The fourth-order valence-corrected chi connectivity index (χ4v) is 3.45. The molecule has 1 aromatic carbocycles. The number of nitrogens with zero attached hydrogens (tertiary/aromatic N) is 2. The van der Waals surface area contributed by atoms with Crippen LogP contribution >= 0.6 is 15.9 Å². The van der Waals surface area contributed by atoms with Gasteiger partial charge in [0, 0.05) is 43.0 Å². The number of pyridine rings is 1. The topological polar surface area (TPSA) is 34.6 Å². The first-order valence-corrected chi connectivity index (χ1v) is 9.05. The van der Waals surface area contributed by atoms with Crippen LogP contribution in [-0.4, -0.2) is 36.8 Å². The van der Waals surface area contributed by atoms with Gasteiger partial charge >= 0.3 is 0 Å². The third-order valence-corrected chi connectivity index (χ3v) is 5.03. The minimum Gasteiger partial charge on any atom is -0.475 e. The van der Waals surface area contributed by atoms with Crippen LogP contribution in [0.3, 0.4) is 0 Å². The second-order valence-electron chi connectivity index (χ2n) is 6.08. The first-order chi connectivity index (χ1) is 11.7. The molecule has 2 aromatic rings. The smallest absolute Gasteiger partial charge is 0.213 e. The van der Waals surface area contributed by atoms with Gasteiger partial charge in [0.05, 0.1) is 6.61 Å². The van der Waals surface area contributed by atoms with Gasteiger partial charge in [0.15, 0.2) is 0 Å². The summed E-state index contributed by atoms with van der Waals surface area (Å²) in [4.78, 5) is 6.91. The Morgan fingerprint density at radius 1 is 1.21 bits per heavy atom. The van der Waals surface area contributed by atoms with Gasteiger partial charge in [0.1, 0.15) is 6.61 Å². The Balaban J connectivity index is 1.65. The molecule has 3 rings (SSSR count). The van der Waals surface area contributed by atoms with Crippen LogP contribution in [0.15, 0.2) is 41.0 Å². The largest absolute Gasteiger partial charge is 0.475 e. The molecule has 5 heteroatoms. The first-order valence-electron chi connectivity index (χ1n) is 8.26. The molecule has 0 bridgehead atoms. The summed E-state index contributed by atoms with van der Waals surface area (Å²) in [5.74, 6) is 0.649. The number of aromatic nitrogens is 1. The van der Waals surface area contributed by atoms with Crippen molar-refractivity contribution in [2.45, 2.75) is 25.9 Å². The van der Waals surface area contributed by atoms with Crippen LogP contribution in [0.1, 0.15) is 29.7 Å². The van der Waals surface area contributed by atoms with Gasteiger partial charge in [-0.3, -0.25) is 4.90 Å². The molecule has 2 heterocycles. The minimum absolute atomic E-state index is 0.331. The average molecular weight is 391 g/mol. The summed E-state index contributed by atoms with van der Waals surface area (Å²) in [5, 5.41) is 0. The summed E-state index contributed by atoms with van der Waals surface area (Å²) >= 11 is 3.57. The van der Waals surface area contributed by atoms with E-state index in [1.54, 1.807) is 7.11 Å². The molecule has 0 saturated heterocycles. The van der Waals surface area contributed by atoms with Gasteiger partial charge < -0.3 is 9.47 Å². The van der Waals surface area contributed by atoms with E-state index in [0.717, 1.165) is 24.0 Å². The van der Waals surface area contributed by atoms with Crippen molar-refractivity contribution in [3.63, 3.8) is 0 Å². The summed E-state index contributed by atoms with van der Waals surface area (Å²) < 4.78 is 11.7. The monoisotopic (exact) mass is 390 g/mol. The predicted molar refractivity (Wildman–Crippen MR) is 98.3 cm³/mol. The van der Waals surface area contributed by atoms with E-state index in [0.29, 0.717) is 25.1 Å². The zero-order valence-electron chi connectivity index (χ0n) is 14.2. The number of halogens is 1. The van der Waals surface area contributed by atoms with E-state index < -0.39 is 0 Å². The lowest BCUT2D eigenvalue weighted by atomic mass is 9.97. The Kier molecular flexibility index (Phi) is 5.87. The van der Waals surface area contributed by atoms with Crippen LogP contribution in [0.4, 0.5) is 0 Å². The Labute approximate surface area is 151 Å². The van der Waals surface area contributed by atoms with Gasteiger partial charge in [-0.15, -0.1) is 0 Å². The van der Waals surface area contributed by atoms with E-state index in [9.17, 15) is 0 Å². The van der Waals surface area contributed by atoms with Gasteiger partial charge in [-0.05, 0) is 42.2 Å². The van der Waals surface area contributed by atoms with Crippen LogP contribution in [-0.2, 0) is 17.7 Å². The van der Waals surface area contributed by atoms with E-state index in [2.05, 4.69) is 57.0 Å². The molecule has 128 valence electrons. The highest BCUT2D eigenvalue weighted by molar-refractivity contribution is 9.10. The van der Waals surface area contributed by atoms with Gasteiger partial charge in [0.25, 0.3) is 0 Å². The molecular weight excluding hydrogens is 368 g/mol. The maximum absolute atomic E-state index is 5.53. The van der Waals surface area contributed by atoms with Crippen LogP contribution in [0, 0.1) is 0 Å². The van der Waals surface area contributed by atoms with Crippen molar-refractivity contribution in [2.24, 2.45) is 0 Å². The van der Waals surface area contributed by atoms with Crippen molar-refractivity contribution in [1.29, 1.82) is 0 Å². The molecule has 0 fully saturated rings. The number of fused-ring (bicyclic) bond motifs is 1. The second-order valence-corrected chi connectivity index (χ2v) is 7.00. The Hall–Kier alpha value is -1.43. The van der Waals surface area contributed by atoms with Crippen LogP contribution in [0.5, 0.6) is 5.88 Å². The SMILES string of the molecule is COCCOc1ccc(C(C)N2CCc3ccc(Br)cc3C2)cn1. The number of ether oxygens (including phenoxy) is 2. The maximum atomic E-state index is 5.53. The number of rotatable bonds is 6. The lowest BCUT2D eigenvalue weighted by molar-refractivity contribution is 0.143. The highest BCUT2D eigenvalue weighted by atomic mass is 79.9. The lowest BCUT2D eigenvalue weighted by Crippen LogP contribution is -2.32. The third kappa shape index (κ3) is 4.15. The number of hydrogen-bond donors (Lipinski definition) is 0. The molecule has 24 heavy (non-hydrogen) atoms. The summed E-state index contributed by atoms with van der Waals surface area (Å²) in [6.45, 7) is 5.38. The summed E-state index contributed by atoms with van der Waals surface area (Å²) in [6, 6.07) is 11.0. The summed E-state index contributed by atoms with van der Waals surface area (Å²) in [7, 11) is 1.66. The molecule has 0 spiro atoms. The van der Waals surface area contributed by atoms with E-state index in [1.165, 1.54) is 16.7 Å². The Bertz CT molecular complexity index is 676. The average Bonchev–Trinajstić information content (AvgIpc) is 2.61. The van der Waals surface area contributed by atoms with Gasteiger partial charge in [-0.25, -0.2) is 4.98 Å². The number of methoxy groups -OCH3 is 1. The molecule has 0 N–H and O–H groups in total. The standard InChI is InChI=1S/C19H23BrN2O2/c1-14(16-4-6-19(21-12-16)24-10-9-23-2)22-8-7-15-3-5-18(20)11-17(15)13-22/h3-6,11-12,14H,7-10,13H2,1-2H3. The van der Waals surface area contributed by atoms with Gasteiger partial charge in [-0.1, -0.05) is 28.1 Å². The lowest BCUT2D eigenvalue weighted by Gasteiger charge is -2.34. The van der Waals surface area contributed by atoms with E-state index in [-0.39, 0.29) is 0 Å². The third-order valence-electron chi connectivity index (χ3n) is 4.54. The van der Waals surface area contributed by atoms with E-state index >= 15 is 0 Å². The van der Waals surface area contributed by atoms with Crippen LogP contribution in [0.2, 0.25) is 0 Å². The molecule has 1 aliphatic heterocycles. The molecule has 1 aliphatic rings. The molecule has 0 aliphatic carbocycles. The molecule has 0 radical (unpaired) electrons. The minimum atomic E-state index is 0.331. The van der Waals surface area contributed by atoms with Crippen LogP contribution in [0.25, 0.3) is 0 Å². The maximum Gasteiger partial charge on any atom is 0.213 e. The van der Waals surface area contributed by atoms with Crippen molar-refractivity contribution in [3.8, 4) is 5.88 Å². The molecule has 1 atom stereocenters. The molecule has 1 aromatic heterocycles. The summed E-state index contributed by atoms with van der Waals surface area (Å²) in [5.41, 5.74) is 4.09. The second kappa shape index (κ2) is 8.10. The summed E-state index contributed by atoms with van der Waals surface area (Å²) in [6.07, 6.45) is 3.02. The zero-order valence-corrected chi connectivity index (χ0v) is 15.8. The van der Waals surface area contributed by atoms with Crippen molar-refractivity contribution in [2.75, 3.05) is 26.9 Å². The van der Waals surface area contributed by atoms with E-state index in [4.69, 9.17) is 9.47 Å².